The van der Waals surface area contributed by atoms with E-state index in [0.29, 0.717) is 17.9 Å². The number of hydrogen-bond donors (Lipinski definition) is 2. The fraction of sp³-hybridized carbons (Fsp3) is 0.214. The van der Waals surface area contributed by atoms with Crippen LogP contribution in [0.5, 0.6) is 0 Å². The van der Waals surface area contributed by atoms with Crippen LogP contribution >= 0.6 is 0 Å². The normalized spacial score (nSPS) is 12.5. The highest BCUT2D eigenvalue weighted by Crippen LogP contribution is 2.24. The fourth-order valence-electron chi connectivity index (χ4n) is 4.00. The zero-order chi connectivity index (χ0) is 24.8. The van der Waals surface area contributed by atoms with E-state index in [9.17, 15) is 4.79 Å². The molecule has 0 aliphatic rings. The van der Waals surface area contributed by atoms with Gasteiger partial charge in [0.05, 0.1) is 17.8 Å². The number of anilines is 1. The lowest BCUT2D eigenvalue weighted by atomic mass is 9.98. The minimum absolute atomic E-state index is 0.154. The second-order valence-corrected chi connectivity index (χ2v) is 8.61. The number of pyridine rings is 1. The van der Waals surface area contributed by atoms with Crippen LogP contribution in [-0.2, 0) is 11.8 Å². The second-order valence-electron chi connectivity index (χ2n) is 8.61. The van der Waals surface area contributed by atoms with Gasteiger partial charge in [-0.3, -0.25) is 9.48 Å². The molecule has 0 bridgehead atoms. The molecule has 0 spiro atoms. The van der Waals surface area contributed by atoms with Crippen LogP contribution in [0.4, 0.5) is 5.82 Å². The number of amides is 1. The number of aromatic nitrogens is 3. The summed E-state index contributed by atoms with van der Waals surface area (Å²) in [5, 5.41) is 19.6. The summed E-state index contributed by atoms with van der Waals surface area (Å²) in [5.41, 5.74) is 5.39. The summed E-state index contributed by atoms with van der Waals surface area (Å²) < 4.78 is 1.75. The minimum Gasteiger partial charge on any atom is -0.309 e. The maximum Gasteiger partial charge on any atom is 0.247 e. The Morgan fingerprint density at radius 1 is 1.06 bits per heavy atom. The van der Waals surface area contributed by atoms with Crippen LogP contribution in [-0.4, -0.2) is 27.2 Å². The van der Waals surface area contributed by atoms with E-state index in [-0.39, 0.29) is 11.8 Å². The number of benzene rings is 2. The van der Waals surface area contributed by atoms with Crippen molar-refractivity contribution in [3.8, 4) is 17.2 Å². The van der Waals surface area contributed by atoms with Gasteiger partial charge < -0.3 is 10.6 Å². The molecule has 7 heteroatoms. The summed E-state index contributed by atoms with van der Waals surface area (Å²) in [6, 6.07) is 22.6. The second kappa shape index (κ2) is 10.8. The van der Waals surface area contributed by atoms with Crippen LogP contribution in [0.1, 0.15) is 41.3 Å². The van der Waals surface area contributed by atoms with Crippen LogP contribution in [0.15, 0.2) is 79.1 Å². The summed E-state index contributed by atoms with van der Waals surface area (Å²) >= 11 is 0. The van der Waals surface area contributed by atoms with Gasteiger partial charge in [-0.1, -0.05) is 49.4 Å². The van der Waals surface area contributed by atoms with Crippen LogP contribution in [0.3, 0.4) is 0 Å². The van der Waals surface area contributed by atoms with Crippen molar-refractivity contribution in [2.75, 3.05) is 11.9 Å². The number of hydrogen-bond acceptors (Lipinski definition) is 5. The van der Waals surface area contributed by atoms with E-state index in [4.69, 9.17) is 5.26 Å². The van der Waals surface area contributed by atoms with Crippen LogP contribution in [0.25, 0.3) is 11.1 Å². The number of carbonyl (C=O) groups excluding carboxylic acids is 1. The van der Waals surface area contributed by atoms with E-state index in [1.165, 1.54) is 0 Å². The molecule has 4 rings (SSSR count). The van der Waals surface area contributed by atoms with Crippen LogP contribution in [0, 0.1) is 18.3 Å². The maximum atomic E-state index is 13.4. The van der Waals surface area contributed by atoms with Gasteiger partial charge in [0.15, 0.2) is 0 Å². The van der Waals surface area contributed by atoms with Gasteiger partial charge in [-0.2, -0.15) is 10.4 Å². The van der Waals surface area contributed by atoms with Crippen molar-refractivity contribution < 1.29 is 4.79 Å². The molecule has 176 valence electrons. The summed E-state index contributed by atoms with van der Waals surface area (Å²) in [4.78, 5) is 18.0. The first-order valence-electron chi connectivity index (χ1n) is 11.5. The lowest BCUT2D eigenvalue weighted by Gasteiger charge is -2.21. The van der Waals surface area contributed by atoms with Crippen molar-refractivity contribution in [2.24, 2.45) is 7.05 Å². The Morgan fingerprint density at radius 3 is 2.43 bits per heavy atom. The van der Waals surface area contributed by atoms with Gasteiger partial charge in [-0.25, -0.2) is 4.98 Å². The van der Waals surface area contributed by atoms with Crippen molar-refractivity contribution in [3.63, 3.8) is 0 Å². The number of rotatable bonds is 8. The number of aryl methyl sites for hydroxylation is 2. The topological polar surface area (TPSA) is 95.6 Å². The van der Waals surface area contributed by atoms with E-state index in [2.05, 4.69) is 33.7 Å². The molecule has 0 fully saturated rings. The Morgan fingerprint density at radius 2 is 1.80 bits per heavy atom. The molecule has 0 radical (unpaired) electrons. The zero-order valence-corrected chi connectivity index (χ0v) is 20.1. The molecule has 4 aromatic rings. The number of nitrogens with one attached hydrogen (secondary N) is 2. The van der Waals surface area contributed by atoms with E-state index in [0.717, 1.165) is 27.9 Å². The predicted molar refractivity (Wildman–Crippen MR) is 137 cm³/mol. The smallest absolute Gasteiger partial charge is 0.247 e. The number of carbonyl (C=O) groups is 1. The Hall–Kier alpha value is -4.28. The van der Waals surface area contributed by atoms with Gasteiger partial charge in [0, 0.05) is 36.6 Å². The molecule has 2 atom stereocenters. The molecule has 0 saturated carbocycles. The highest BCUT2D eigenvalue weighted by molar-refractivity contribution is 5.95. The quantitative estimate of drug-likeness (QED) is 0.393. The average Bonchev–Trinajstić information content (AvgIpc) is 3.30. The number of nitrogens with zero attached hydrogens (tertiary/aromatic N) is 4. The third-order valence-electron chi connectivity index (χ3n) is 5.99. The largest absolute Gasteiger partial charge is 0.309 e. The Labute approximate surface area is 205 Å². The highest BCUT2D eigenvalue weighted by atomic mass is 16.2. The molecule has 0 saturated heterocycles. The van der Waals surface area contributed by atoms with Gasteiger partial charge in [-0.15, -0.1) is 0 Å². The third-order valence-corrected chi connectivity index (χ3v) is 5.99. The molecule has 2 aromatic heterocycles. The van der Waals surface area contributed by atoms with Gasteiger partial charge in [-0.05, 0) is 48.2 Å². The molecule has 7 nitrogen and oxygen atoms in total. The van der Waals surface area contributed by atoms with Crippen LogP contribution in [0.2, 0.25) is 0 Å². The van der Waals surface area contributed by atoms with Gasteiger partial charge in [0.1, 0.15) is 11.9 Å². The first kappa shape index (κ1) is 23.9. The molecule has 2 aromatic carbocycles. The lowest BCUT2D eigenvalue weighted by molar-refractivity contribution is -0.118. The SMILES string of the molecule is Cc1nc(NC(=O)[C@@H](NC[C@@H](C)c2ccc(C#N)cc2)c2ccccc2)ccc1-c1cnn(C)c1. The molecular weight excluding hydrogens is 436 g/mol. The van der Waals surface area contributed by atoms with E-state index in [1.54, 1.807) is 10.9 Å². The third kappa shape index (κ3) is 5.81. The fourth-order valence-corrected chi connectivity index (χ4v) is 4.00. The van der Waals surface area contributed by atoms with Crippen molar-refractivity contribution >= 4 is 11.7 Å². The molecule has 0 unspecified atom stereocenters. The first-order valence-corrected chi connectivity index (χ1v) is 11.5. The minimum atomic E-state index is -0.544. The summed E-state index contributed by atoms with van der Waals surface area (Å²) in [6.07, 6.45) is 3.74. The molecule has 1 amide bonds. The standard InChI is InChI=1S/C28H28N6O/c1-19(22-11-9-21(15-29)10-12-22)16-30-27(23-7-5-4-6-8-23)28(35)33-26-14-13-25(20(2)32-26)24-17-31-34(3)18-24/h4-14,17-19,27,30H,16H2,1-3H3,(H,32,33,35)/t19-,27+/m1/s1. The molecular formula is C28H28N6O. The Balaban J connectivity index is 1.49. The maximum absolute atomic E-state index is 13.4. The monoisotopic (exact) mass is 464 g/mol. The Bertz CT molecular complexity index is 1340. The molecule has 0 aliphatic heterocycles. The van der Waals surface area contributed by atoms with Crippen molar-refractivity contribution in [2.45, 2.75) is 25.8 Å². The summed E-state index contributed by atoms with van der Waals surface area (Å²) in [7, 11) is 1.87. The van der Waals surface area contributed by atoms with E-state index >= 15 is 0 Å². The molecule has 2 heterocycles. The number of nitriles is 1. The zero-order valence-electron chi connectivity index (χ0n) is 20.1. The van der Waals surface area contributed by atoms with Gasteiger partial charge in [0.2, 0.25) is 5.91 Å². The predicted octanol–water partition coefficient (Wildman–Crippen LogP) is 4.74. The summed E-state index contributed by atoms with van der Waals surface area (Å²) in [6.45, 7) is 4.60. The Kier molecular flexibility index (Phi) is 7.34. The van der Waals surface area contributed by atoms with Gasteiger partial charge >= 0.3 is 0 Å². The molecule has 0 aliphatic carbocycles. The van der Waals surface area contributed by atoms with Gasteiger partial charge in [0.25, 0.3) is 0 Å². The van der Waals surface area contributed by atoms with E-state index < -0.39 is 6.04 Å². The first-order chi connectivity index (χ1) is 16.9. The average molecular weight is 465 g/mol. The van der Waals surface area contributed by atoms with E-state index in [1.807, 2.05) is 86.9 Å². The summed E-state index contributed by atoms with van der Waals surface area (Å²) in [5.74, 6) is 0.480. The van der Waals surface area contributed by atoms with Crippen molar-refractivity contribution in [1.82, 2.24) is 20.1 Å². The van der Waals surface area contributed by atoms with Crippen molar-refractivity contribution in [3.05, 3.63) is 102 Å². The molecule has 2 N–H and O–H groups in total. The van der Waals surface area contributed by atoms with Crippen LogP contribution < -0.4 is 10.6 Å². The lowest BCUT2D eigenvalue weighted by Crippen LogP contribution is -2.35. The molecule has 35 heavy (non-hydrogen) atoms. The highest BCUT2D eigenvalue weighted by Gasteiger charge is 2.22. The van der Waals surface area contributed by atoms with Crippen molar-refractivity contribution in [1.29, 1.82) is 5.26 Å².